The predicted molar refractivity (Wildman–Crippen MR) is 91.2 cm³/mol. The smallest absolute Gasteiger partial charge is 0.337 e. The van der Waals surface area contributed by atoms with Gasteiger partial charge in [-0.15, -0.1) is 0 Å². The van der Waals surface area contributed by atoms with Gasteiger partial charge in [0, 0.05) is 18.4 Å². The summed E-state index contributed by atoms with van der Waals surface area (Å²) in [5.74, 6) is -2.01. The minimum Gasteiger partial charge on any atom is -0.468 e. The van der Waals surface area contributed by atoms with Crippen LogP contribution in [0.1, 0.15) is 40.0 Å². The van der Waals surface area contributed by atoms with Crippen LogP contribution in [0.15, 0.2) is 22.5 Å². The maximum absolute atomic E-state index is 12.9. The molecule has 0 aliphatic carbocycles. The summed E-state index contributed by atoms with van der Waals surface area (Å²) in [6.07, 6.45) is 1.46. The third kappa shape index (κ3) is 3.15. The van der Waals surface area contributed by atoms with Crippen LogP contribution in [0.25, 0.3) is 0 Å². The molecule has 0 aromatic carbocycles. The van der Waals surface area contributed by atoms with E-state index < -0.39 is 23.3 Å². The Bertz CT molecular complexity index is 633. The van der Waals surface area contributed by atoms with Crippen LogP contribution in [0, 0.1) is 5.41 Å². The van der Waals surface area contributed by atoms with Gasteiger partial charge in [0.1, 0.15) is 5.41 Å². The number of hydrogen-bond donors (Lipinski definition) is 0. The number of allylic oxidation sites excluding steroid dienone is 2. The molecule has 1 heterocycles. The highest BCUT2D eigenvalue weighted by molar-refractivity contribution is 6.08. The van der Waals surface area contributed by atoms with Gasteiger partial charge in [-0.05, 0) is 19.8 Å². The van der Waals surface area contributed by atoms with Crippen molar-refractivity contribution < 1.29 is 28.6 Å². The van der Waals surface area contributed by atoms with Gasteiger partial charge in [0.2, 0.25) is 0 Å². The Balaban J connectivity index is 3.97. The van der Waals surface area contributed by atoms with Crippen molar-refractivity contribution in [2.45, 2.75) is 40.0 Å². The predicted octanol–water partition coefficient (Wildman–Crippen LogP) is 2.18. The maximum atomic E-state index is 12.9. The number of rotatable bonds is 6. The summed E-state index contributed by atoms with van der Waals surface area (Å²) in [5, 5.41) is 0. The van der Waals surface area contributed by atoms with E-state index in [1.165, 1.54) is 21.3 Å². The van der Waals surface area contributed by atoms with Gasteiger partial charge in [0.25, 0.3) is 0 Å². The molecule has 1 aliphatic heterocycles. The Labute approximate surface area is 148 Å². The first-order chi connectivity index (χ1) is 11.8. The number of ether oxygens (including phenoxy) is 3. The van der Waals surface area contributed by atoms with Crippen LogP contribution in [0.4, 0.5) is 0 Å². The van der Waals surface area contributed by atoms with Crippen molar-refractivity contribution in [2.75, 3.05) is 28.4 Å². The Hall–Kier alpha value is -2.31. The quantitative estimate of drug-likeness (QED) is 0.534. The van der Waals surface area contributed by atoms with Gasteiger partial charge in [0.15, 0.2) is 0 Å². The third-order valence-corrected chi connectivity index (χ3v) is 4.74. The summed E-state index contributed by atoms with van der Waals surface area (Å²) < 4.78 is 14.9. The molecule has 25 heavy (non-hydrogen) atoms. The minimum atomic E-state index is -1.56. The first-order valence-corrected chi connectivity index (χ1v) is 8.22. The molecule has 0 radical (unpaired) electrons. The maximum Gasteiger partial charge on any atom is 0.337 e. The Morgan fingerprint density at radius 3 is 1.88 bits per heavy atom. The molecule has 1 rings (SSSR count). The molecule has 0 saturated heterocycles. The average Bonchev–Trinajstić information content (AvgIpc) is 2.63. The molecule has 0 spiro atoms. The average molecular weight is 353 g/mol. The molecule has 0 bridgehead atoms. The van der Waals surface area contributed by atoms with Crippen molar-refractivity contribution in [1.29, 1.82) is 0 Å². The molecule has 1 unspecified atom stereocenters. The molecule has 140 valence electrons. The lowest BCUT2D eigenvalue weighted by molar-refractivity contribution is -0.155. The van der Waals surface area contributed by atoms with E-state index in [9.17, 15) is 14.4 Å². The number of methoxy groups -OCH3 is 3. The first-order valence-electron chi connectivity index (χ1n) is 8.22. The Morgan fingerprint density at radius 1 is 0.960 bits per heavy atom. The highest BCUT2D eigenvalue weighted by Gasteiger charge is 2.56. The van der Waals surface area contributed by atoms with Crippen LogP contribution in [0.3, 0.4) is 0 Å². The second-order valence-corrected chi connectivity index (χ2v) is 5.82. The fourth-order valence-electron chi connectivity index (χ4n) is 3.44. The third-order valence-electron chi connectivity index (χ3n) is 4.74. The van der Waals surface area contributed by atoms with Crippen molar-refractivity contribution in [3.05, 3.63) is 22.5 Å². The van der Waals surface area contributed by atoms with E-state index in [2.05, 4.69) is 0 Å². The van der Waals surface area contributed by atoms with Crippen molar-refractivity contribution in [1.82, 2.24) is 4.90 Å². The van der Waals surface area contributed by atoms with E-state index in [0.29, 0.717) is 17.8 Å². The SMILES string of the molecule is CCCC1=C(C(=O)OC)C(CC)(C(=O)OC)C(C(=O)OC)=C(C)N1C. The zero-order chi connectivity index (χ0) is 19.4. The van der Waals surface area contributed by atoms with Gasteiger partial charge < -0.3 is 19.1 Å². The zero-order valence-corrected chi connectivity index (χ0v) is 16.0. The van der Waals surface area contributed by atoms with Gasteiger partial charge in [-0.3, -0.25) is 4.79 Å². The molecule has 1 aliphatic rings. The van der Waals surface area contributed by atoms with Gasteiger partial charge in [-0.2, -0.15) is 0 Å². The van der Waals surface area contributed by atoms with Crippen LogP contribution in [0.5, 0.6) is 0 Å². The van der Waals surface area contributed by atoms with E-state index in [-0.39, 0.29) is 17.6 Å². The van der Waals surface area contributed by atoms with Crippen molar-refractivity contribution in [3.8, 4) is 0 Å². The number of hydrogen-bond acceptors (Lipinski definition) is 7. The summed E-state index contributed by atoms with van der Waals surface area (Å²) in [6.45, 7) is 5.42. The van der Waals surface area contributed by atoms with Gasteiger partial charge in [-0.1, -0.05) is 20.3 Å². The summed E-state index contributed by atoms with van der Waals surface area (Å²) in [7, 11) is 5.47. The first kappa shape index (κ1) is 20.7. The number of esters is 3. The fraction of sp³-hybridized carbons (Fsp3) is 0.611. The Morgan fingerprint density at radius 2 is 1.48 bits per heavy atom. The molecule has 0 N–H and O–H groups in total. The highest BCUT2D eigenvalue weighted by Crippen LogP contribution is 2.49. The molecule has 0 fully saturated rings. The molecular weight excluding hydrogens is 326 g/mol. The van der Waals surface area contributed by atoms with E-state index in [1.54, 1.807) is 25.8 Å². The Kier molecular flexibility index (Phi) is 6.78. The summed E-state index contributed by atoms with van der Waals surface area (Å²) >= 11 is 0. The fourth-order valence-corrected chi connectivity index (χ4v) is 3.44. The van der Waals surface area contributed by atoms with E-state index >= 15 is 0 Å². The van der Waals surface area contributed by atoms with Gasteiger partial charge in [-0.25, -0.2) is 9.59 Å². The molecule has 1 atom stereocenters. The number of carbonyl (C=O) groups excluding carboxylic acids is 3. The summed E-state index contributed by atoms with van der Waals surface area (Å²) in [4.78, 5) is 39.8. The zero-order valence-electron chi connectivity index (χ0n) is 16.0. The minimum absolute atomic E-state index is 0.104. The highest BCUT2D eigenvalue weighted by atomic mass is 16.5. The standard InChI is InChI=1S/C18H27NO6/c1-8-10-12-14(16(21)24-6)18(9-2,17(22)25-7)13(15(20)23-5)11(3)19(12)4/h8-10H2,1-7H3. The monoisotopic (exact) mass is 353 g/mol. The lowest BCUT2D eigenvalue weighted by atomic mass is 9.67. The number of nitrogens with zero attached hydrogens (tertiary/aromatic N) is 1. The van der Waals surface area contributed by atoms with Gasteiger partial charge in [0.05, 0.1) is 32.5 Å². The summed E-state index contributed by atoms with van der Waals surface area (Å²) in [6, 6.07) is 0. The van der Waals surface area contributed by atoms with E-state index in [4.69, 9.17) is 14.2 Å². The lowest BCUT2D eigenvalue weighted by Crippen LogP contribution is -2.48. The van der Waals surface area contributed by atoms with Crippen molar-refractivity contribution in [2.24, 2.45) is 5.41 Å². The van der Waals surface area contributed by atoms with Crippen LogP contribution in [0.2, 0.25) is 0 Å². The summed E-state index contributed by atoms with van der Waals surface area (Å²) in [5.41, 5.74) is -0.121. The second-order valence-electron chi connectivity index (χ2n) is 5.82. The van der Waals surface area contributed by atoms with E-state index in [0.717, 1.165) is 6.42 Å². The van der Waals surface area contributed by atoms with Crippen LogP contribution < -0.4 is 0 Å². The molecular formula is C18H27NO6. The van der Waals surface area contributed by atoms with Crippen LogP contribution in [-0.2, 0) is 28.6 Å². The lowest BCUT2D eigenvalue weighted by Gasteiger charge is -2.42. The van der Waals surface area contributed by atoms with Crippen LogP contribution in [-0.4, -0.2) is 51.2 Å². The molecule has 0 amide bonds. The molecule has 7 nitrogen and oxygen atoms in total. The molecule has 0 aromatic heterocycles. The normalized spacial score (nSPS) is 20.5. The van der Waals surface area contributed by atoms with Crippen LogP contribution >= 0.6 is 0 Å². The number of carbonyl (C=O) groups is 3. The molecule has 7 heteroatoms. The largest absolute Gasteiger partial charge is 0.468 e. The molecule has 0 saturated carbocycles. The topological polar surface area (TPSA) is 82.1 Å². The van der Waals surface area contributed by atoms with Gasteiger partial charge >= 0.3 is 17.9 Å². The van der Waals surface area contributed by atoms with Crippen molar-refractivity contribution >= 4 is 17.9 Å². The van der Waals surface area contributed by atoms with E-state index in [1.807, 2.05) is 6.92 Å². The van der Waals surface area contributed by atoms with Crippen molar-refractivity contribution in [3.63, 3.8) is 0 Å². The molecule has 0 aromatic rings. The second kappa shape index (κ2) is 8.18.